The zero-order chi connectivity index (χ0) is 10.1. The Morgan fingerprint density at radius 3 is 2.62 bits per heavy atom. The van der Waals surface area contributed by atoms with E-state index >= 15 is 0 Å². The highest BCUT2D eigenvalue weighted by molar-refractivity contribution is 5.20. The standard InChI is InChI=1S/C11H17NO/c1-10(2)6-9(4-5-12)7-11(3,13)8-10/h7,13H,4,6,8H2,1-3H3. The van der Waals surface area contributed by atoms with Gasteiger partial charge in [0, 0.05) is 0 Å². The molecule has 1 aliphatic rings. The van der Waals surface area contributed by atoms with Gasteiger partial charge in [-0.2, -0.15) is 5.26 Å². The minimum Gasteiger partial charge on any atom is -0.386 e. The molecule has 0 saturated heterocycles. The monoisotopic (exact) mass is 179 g/mol. The molecule has 0 aliphatic heterocycles. The molecule has 13 heavy (non-hydrogen) atoms. The predicted octanol–water partition coefficient (Wildman–Crippen LogP) is 2.40. The Labute approximate surface area is 79.9 Å². The Bertz CT molecular complexity index is 268. The zero-order valence-electron chi connectivity index (χ0n) is 8.59. The van der Waals surface area contributed by atoms with Crippen LogP contribution in [0.15, 0.2) is 11.6 Å². The fraction of sp³-hybridized carbons (Fsp3) is 0.727. The quantitative estimate of drug-likeness (QED) is 0.628. The van der Waals surface area contributed by atoms with Crippen LogP contribution < -0.4 is 0 Å². The summed E-state index contributed by atoms with van der Waals surface area (Å²) in [4.78, 5) is 0. The number of nitriles is 1. The zero-order valence-corrected chi connectivity index (χ0v) is 8.59. The van der Waals surface area contributed by atoms with Gasteiger partial charge in [0.05, 0.1) is 18.1 Å². The summed E-state index contributed by atoms with van der Waals surface area (Å²) in [5.41, 5.74) is 0.460. The topological polar surface area (TPSA) is 44.0 Å². The summed E-state index contributed by atoms with van der Waals surface area (Å²) in [6, 6.07) is 2.13. The van der Waals surface area contributed by atoms with Gasteiger partial charge in [-0.15, -0.1) is 0 Å². The Hall–Kier alpha value is -0.810. The van der Waals surface area contributed by atoms with Crippen molar-refractivity contribution in [3.05, 3.63) is 11.6 Å². The van der Waals surface area contributed by atoms with Crippen LogP contribution in [0.5, 0.6) is 0 Å². The molecule has 1 N–H and O–H groups in total. The molecule has 1 aliphatic carbocycles. The van der Waals surface area contributed by atoms with Gasteiger partial charge >= 0.3 is 0 Å². The molecular weight excluding hydrogens is 162 g/mol. The smallest absolute Gasteiger partial charge is 0.0807 e. The third kappa shape index (κ3) is 2.86. The van der Waals surface area contributed by atoms with Crippen LogP contribution in [0.25, 0.3) is 0 Å². The number of allylic oxidation sites excluding steroid dienone is 1. The van der Waals surface area contributed by atoms with E-state index in [0.717, 1.165) is 18.4 Å². The van der Waals surface area contributed by atoms with Crippen LogP contribution in [0.3, 0.4) is 0 Å². The summed E-state index contributed by atoms with van der Waals surface area (Å²) in [6.45, 7) is 6.07. The first-order chi connectivity index (χ1) is 5.85. The summed E-state index contributed by atoms with van der Waals surface area (Å²) in [5.74, 6) is 0. The summed E-state index contributed by atoms with van der Waals surface area (Å²) < 4.78 is 0. The van der Waals surface area contributed by atoms with Gasteiger partial charge in [0.2, 0.25) is 0 Å². The second-order valence-electron chi connectivity index (χ2n) is 5.01. The number of nitrogens with zero attached hydrogens (tertiary/aromatic N) is 1. The molecule has 0 bridgehead atoms. The molecular formula is C11H17NO. The van der Waals surface area contributed by atoms with Crippen LogP contribution in [-0.4, -0.2) is 10.7 Å². The van der Waals surface area contributed by atoms with E-state index in [1.807, 2.05) is 13.0 Å². The summed E-state index contributed by atoms with van der Waals surface area (Å²) in [6.07, 6.45) is 3.99. The Kier molecular flexibility index (Phi) is 2.49. The van der Waals surface area contributed by atoms with E-state index in [1.54, 1.807) is 0 Å². The lowest BCUT2D eigenvalue weighted by Gasteiger charge is -2.37. The van der Waals surface area contributed by atoms with Gasteiger partial charge in [-0.05, 0) is 25.2 Å². The van der Waals surface area contributed by atoms with E-state index in [-0.39, 0.29) is 5.41 Å². The lowest BCUT2D eigenvalue weighted by atomic mass is 9.71. The predicted molar refractivity (Wildman–Crippen MR) is 52.0 cm³/mol. The van der Waals surface area contributed by atoms with E-state index in [4.69, 9.17) is 5.26 Å². The van der Waals surface area contributed by atoms with Gasteiger partial charge in [-0.1, -0.05) is 25.5 Å². The summed E-state index contributed by atoms with van der Waals surface area (Å²) in [5, 5.41) is 18.5. The number of hydrogen-bond donors (Lipinski definition) is 1. The highest BCUT2D eigenvalue weighted by Gasteiger charge is 2.34. The van der Waals surface area contributed by atoms with Gasteiger partial charge in [0.15, 0.2) is 0 Å². The molecule has 0 saturated carbocycles. The van der Waals surface area contributed by atoms with Crippen LogP contribution in [0.2, 0.25) is 0 Å². The van der Waals surface area contributed by atoms with E-state index in [9.17, 15) is 5.11 Å². The Morgan fingerprint density at radius 2 is 2.15 bits per heavy atom. The molecule has 2 nitrogen and oxygen atoms in total. The number of hydrogen-bond acceptors (Lipinski definition) is 2. The second kappa shape index (κ2) is 3.16. The van der Waals surface area contributed by atoms with Crippen molar-refractivity contribution >= 4 is 0 Å². The number of aliphatic hydroxyl groups is 1. The normalized spacial score (nSPS) is 32.1. The summed E-state index contributed by atoms with van der Waals surface area (Å²) in [7, 11) is 0. The van der Waals surface area contributed by atoms with Crippen LogP contribution in [-0.2, 0) is 0 Å². The molecule has 2 heteroatoms. The molecule has 72 valence electrons. The molecule has 0 aromatic rings. The van der Waals surface area contributed by atoms with Crippen molar-refractivity contribution in [2.75, 3.05) is 0 Å². The fourth-order valence-corrected chi connectivity index (χ4v) is 2.40. The molecule has 0 aromatic heterocycles. The fourth-order valence-electron chi connectivity index (χ4n) is 2.40. The van der Waals surface area contributed by atoms with E-state index < -0.39 is 5.60 Å². The van der Waals surface area contributed by atoms with Gasteiger partial charge in [-0.25, -0.2) is 0 Å². The van der Waals surface area contributed by atoms with Crippen molar-refractivity contribution < 1.29 is 5.11 Å². The first kappa shape index (κ1) is 10.3. The van der Waals surface area contributed by atoms with Gasteiger partial charge < -0.3 is 5.11 Å². The first-order valence-corrected chi connectivity index (χ1v) is 4.65. The maximum absolute atomic E-state index is 9.92. The Morgan fingerprint density at radius 1 is 1.54 bits per heavy atom. The SMILES string of the molecule is CC1(O)C=C(CC#N)CC(C)(C)C1. The van der Waals surface area contributed by atoms with Crippen molar-refractivity contribution in [3.63, 3.8) is 0 Å². The van der Waals surface area contributed by atoms with Crippen LogP contribution in [0.1, 0.15) is 40.0 Å². The van der Waals surface area contributed by atoms with Crippen molar-refractivity contribution in [2.24, 2.45) is 5.41 Å². The molecule has 0 amide bonds. The maximum atomic E-state index is 9.92. The molecule has 0 spiro atoms. The first-order valence-electron chi connectivity index (χ1n) is 4.65. The Balaban J connectivity index is 2.87. The van der Waals surface area contributed by atoms with Gasteiger partial charge in [0.1, 0.15) is 0 Å². The van der Waals surface area contributed by atoms with Gasteiger partial charge in [0.25, 0.3) is 0 Å². The second-order valence-corrected chi connectivity index (χ2v) is 5.01. The molecule has 1 unspecified atom stereocenters. The largest absolute Gasteiger partial charge is 0.386 e. The third-order valence-electron chi connectivity index (χ3n) is 2.36. The molecule has 0 heterocycles. The highest BCUT2D eigenvalue weighted by atomic mass is 16.3. The van der Waals surface area contributed by atoms with Crippen molar-refractivity contribution in [1.29, 1.82) is 5.26 Å². The summed E-state index contributed by atoms with van der Waals surface area (Å²) >= 11 is 0. The molecule has 1 atom stereocenters. The third-order valence-corrected chi connectivity index (χ3v) is 2.36. The van der Waals surface area contributed by atoms with Crippen molar-refractivity contribution in [3.8, 4) is 6.07 Å². The van der Waals surface area contributed by atoms with Crippen molar-refractivity contribution in [2.45, 2.75) is 45.6 Å². The van der Waals surface area contributed by atoms with Crippen LogP contribution in [0, 0.1) is 16.7 Å². The minimum absolute atomic E-state index is 0.116. The van der Waals surface area contributed by atoms with Crippen LogP contribution >= 0.6 is 0 Å². The lowest BCUT2D eigenvalue weighted by Crippen LogP contribution is -2.34. The molecule has 0 aromatic carbocycles. The minimum atomic E-state index is -0.728. The van der Waals surface area contributed by atoms with Crippen molar-refractivity contribution in [1.82, 2.24) is 0 Å². The average molecular weight is 179 g/mol. The maximum Gasteiger partial charge on any atom is 0.0807 e. The lowest BCUT2D eigenvalue weighted by molar-refractivity contribution is 0.0474. The highest BCUT2D eigenvalue weighted by Crippen LogP contribution is 2.40. The average Bonchev–Trinajstić information content (AvgIpc) is 1.78. The van der Waals surface area contributed by atoms with E-state index in [1.165, 1.54) is 0 Å². The van der Waals surface area contributed by atoms with E-state index in [2.05, 4.69) is 19.9 Å². The van der Waals surface area contributed by atoms with Gasteiger partial charge in [-0.3, -0.25) is 0 Å². The van der Waals surface area contributed by atoms with E-state index in [0.29, 0.717) is 6.42 Å². The number of rotatable bonds is 1. The van der Waals surface area contributed by atoms with Crippen LogP contribution in [0.4, 0.5) is 0 Å². The molecule has 1 rings (SSSR count). The molecule has 0 fully saturated rings. The molecule has 0 radical (unpaired) electrons.